The van der Waals surface area contributed by atoms with Crippen LogP contribution >= 0.6 is 0 Å². The van der Waals surface area contributed by atoms with Gasteiger partial charge in [0.05, 0.1) is 12.5 Å². The normalized spacial score (nSPS) is 20.6. The maximum absolute atomic E-state index is 13.1. The molecule has 0 amide bonds. The first-order valence-electron chi connectivity index (χ1n) is 10.1. The molecule has 0 spiro atoms. The second kappa shape index (κ2) is 7.52. The van der Waals surface area contributed by atoms with E-state index >= 15 is 0 Å². The smallest absolute Gasteiger partial charge is 0.340 e. The molecule has 4 rings (SSSR count). The average molecular weight is 407 g/mol. The number of carbonyl (C=O) groups is 2. The van der Waals surface area contributed by atoms with Crippen molar-refractivity contribution >= 4 is 11.8 Å². The summed E-state index contributed by atoms with van der Waals surface area (Å²) in [6, 6.07) is 13.2. The Morgan fingerprint density at radius 2 is 1.90 bits per heavy atom. The molecule has 1 aromatic carbocycles. The third-order valence-electron chi connectivity index (χ3n) is 5.42. The topological polar surface area (TPSA) is 91.8 Å². The molecule has 2 aromatic rings. The lowest BCUT2D eigenvalue weighted by atomic mass is 9.71. The highest BCUT2D eigenvalue weighted by atomic mass is 16.5. The number of carbonyl (C=O) groups excluding carboxylic acids is 2. The van der Waals surface area contributed by atoms with E-state index in [9.17, 15) is 9.59 Å². The summed E-state index contributed by atoms with van der Waals surface area (Å²) in [5.74, 6) is 0.132. The second-order valence-electron chi connectivity index (χ2n) is 8.38. The van der Waals surface area contributed by atoms with Crippen molar-refractivity contribution in [1.82, 2.24) is 0 Å². The van der Waals surface area contributed by atoms with Gasteiger partial charge >= 0.3 is 5.97 Å². The van der Waals surface area contributed by atoms with Crippen molar-refractivity contribution in [1.29, 1.82) is 0 Å². The lowest BCUT2D eigenvalue weighted by Crippen LogP contribution is -2.35. The molecule has 0 saturated carbocycles. The number of Topliss-reactive ketones (excluding diaryl/α,β-unsaturated/α-hetero) is 1. The van der Waals surface area contributed by atoms with E-state index < -0.39 is 11.9 Å². The minimum Gasteiger partial charge on any atom is -0.462 e. The molecule has 1 aromatic heterocycles. The molecule has 2 heterocycles. The number of allylic oxidation sites excluding steroid dienone is 2. The summed E-state index contributed by atoms with van der Waals surface area (Å²) in [6.07, 6.45) is 0.904. The predicted octanol–water partition coefficient (Wildman–Crippen LogP) is 4.44. The summed E-state index contributed by atoms with van der Waals surface area (Å²) in [5, 5.41) is 0. The highest BCUT2D eigenvalue weighted by Gasteiger charge is 2.46. The van der Waals surface area contributed by atoms with Crippen LogP contribution in [-0.4, -0.2) is 18.4 Å². The van der Waals surface area contributed by atoms with Crippen LogP contribution in [0.4, 0.5) is 0 Å². The Labute approximate surface area is 175 Å². The van der Waals surface area contributed by atoms with E-state index in [1.807, 2.05) is 50.2 Å². The van der Waals surface area contributed by atoms with Crippen molar-refractivity contribution in [3.05, 3.63) is 71.0 Å². The fourth-order valence-corrected chi connectivity index (χ4v) is 4.14. The van der Waals surface area contributed by atoms with Gasteiger partial charge in [0.2, 0.25) is 5.88 Å². The van der Waals surface area contributed by atoms with Gasteiger partial charge in [-0.25, -0.2) is 4.79 Å². The molecule has 1 aliphatic heterocycles. The van der Waals surface area contributed by atoms with E-state index in [2.05, 4.69) is 0 Å². The van der Waals surface area contributed by atoms with Gasteiger partial charge in [0.25, 0.3) is 0 Å². The summed E-state index contributed by atoms with van der Waals surface area (Å²) >= 11 is 0. The summed E-state index contributed by atoms with van der Waals surface area (Å²) in [4.78, 5) is 25.9. The first-order chi connectivity index (χ1) is 14.3. The SMILES string of the molecule is CCOC(=O)C1=C(N)OC2=C(C(=O)CC(C)(C)C2)C1c1ccc(-c2ccccc2)o1. The fourth-order valence-electron chi connectivity index (χ4n) is 4.14. The lowest BCUT2D eigenvalue weighted by molar-refractivity contribution is -0.139. The molecular weight excluding hydrogens is 382 g/mol. The van der Waals surface area contributed by atoms with Crippen molar-refractivity contribution < 1.29 is 23.5 Å². The number of esters is 1. The summed E-state index contributed by atoms with van der Waals surface area (Å²) in [5.41, 5.74) is 7.36. The van der Waals surface area contributed by atoms with E-state index in [1.165, 1.54) is 0 Å². The zero-order chi connectivity index (χ0) is 21.5. The summed E-state index contributed by atoms with van der Waals surface area (Å²) in [7, 11) is 0. The third kappa shape index (κ3) is 3.54. The van der Waals surface area contributed by atoms with Crippen molar-refractivity contribution in [3.63, 3.8) is 0 Å². The van der Waals surface area contributed by atoms with Crippen molar-refractivity contribution in [2.75, 3.05) is 6.61 Å². The highest BCUT2D eigenvalue weighted by molar-refractivity contribution is 6.03. The minimum absolute atomic E-state index is 0.0413. The number of hydrogen-bond donors (Lipinski definition) is 1. The van der Waals surface area contributed by atoms with E-state index in [0.29, 0.717) is 35.7 Å². The zero-order valence-corrected chi connectivity index (χ0v) is 17.4. The van der Waals surface area contributed by atoms with Crippen molar-refractivity contribution in [3.8, 4) is 11.3 Å². The first-order valence-corrected chi connectivity index (χ1v) is 10.1. The summed E-state index contributed by atoms with van der Waals surface area (Å²) in [6.45, 7) is 5.91. The molecule has 6 nitrogen and oxygen atoms in total. The monoisotopic (exact) mass is 407 g/mol. The molecular formula is C24H25NO5. The van der Waals surface area contributed by atoms with Crippen LogP contribution in [0.5, 0.6) is 0 Å². The molecule has 1 unspecified atom stereocenters. The number of hydrogen-bond acceptors (Lipinski definition) is 6. The molecule has 2 aliphatic rings. The van der Waals surface area contributed by atoms with E-state index in [-0.39, 0.29) is 29.3 Å². The van der Waals surface area contributed by atoms with Gasteiger partial charge in [0.1, 0.15) is 22.9 Å². The van der Waals surface area contributed by atoms with Crippen molar-refractivity contribution in [2.45, 2.75) is 39.5 Å². The molecule has 0 saturated heterocycles. The molecule has 6 heteroatoms. The van der Waals surface area contributed by atoms with Crippen LogP contribution in [0, 0.1) is 5.41 Å². The van der Waals surface area contributed by atoms with Crippen LogP contribution in [0.3, 0.4) is 0 Å². The largest absolute Gasteiger partial charge is 0.462 e. The van der Waals surface area contributed by atoms with E-state index in [4.69, 9.17) is 19.6 Å². The Balaban J connectivity index is 1.84. The Hall–Kier alpha value is -3.28. The maximum atomic E-state index is 13.1. The van der Waals surface area contributed by atoms with Gasteiger partial charge in [-0.3, -0.25) is 4.79 Å². The molecule has 30 heavy (non-hydrogen) atoms. The second-order valence-corrected chi connectivity index (χ2v) is 8.38. The molecule has 156 valence electrons. The number of ether oxygens (including phenoxy) is 2. The van der Waals surface area contributed by atoms with Crippen LogP contribution in [0.15, 0.2) is 69.7 Å². The molecule has 0 bridgehead atoms. The lowest BCUT2D eigenvalue weighted by Gasteiger charge is -2.37. The van der Waals surface area contributed by atoms with Crippen LogP contribution in [0.1, 0.15) is 45.3 Å². The van der Waals surface area contributed by atoms with Gasteiger partial charge in [-0.05, 0) is 24.5 Å². The van der Waals surface area contributed by atoms with Gasteiger partial charge in [0, 0.05) is 24.0 Å². The standard InChI is InChI=1S/C24H25NO5/c1-4-28-23(27)21-20(17-11-10-16(29-17)14-8-6-5-7-9-14)19-15(26)12-24(2,3)13-18(19)30-22(21)25/h5-11,20H,4,12-13,25H2,1-3H3. The number of nitrogens with two attached hydrogens (primary N) is 1. The average Bonchev–Trinajstić information content (AvgIpc) is 3.16. The highest BCUT2D eigenvalue weighted by Crippen LogP contribution is 2.48. The quantitative estimate of drug-likeness (QED) is 0.754. The van der Waals surface area contributed by atoms with Crippen molar-refractivity contribution in [2.24, 2.45) is 11.1 Å². The first kappa shape index (κ1) is 20.0. The molecule has 2 N–H and O–H groups in total. The Morgan fingerprint density at radius 3 is 2.60 bits per heavy atom. The molecule has 1 atom stereocenters. The van der Waals surface area contributed by atoms with Crippen LogP contribution in [0.25, 0.3) is 11.3 Å². The van der Waals surface area contributed by atoms with Crippen LogP contribution < -0.4 is 5.73 Å². The number of rotatable bonds is 4. The predicted molar refractivity (Wildman–Crippen MR) is 111 cm³/mol. The number of furan rings is 1. The van der Waals surface area contributed by atoms with E-state index in [1.54, 1.807) is 13.0 Å². The van der Waals surface area contributed by atoms with Gasteiger partial charge in [-0.1, -0.05) is 44.2 Å². The minimum atomic E-state index is -0.756. The maximum Gasteiger partial charge on any atom is 0.340 e. The molecule has 0 fully saturated rings. The fraction of sp³-hybridized carbons (Fsp3) is 0.333. The molecule has 1 aliphatic carbocycles. The van der Waals surface area contributed by atoms with Gasteiger partial charge < -0.3 is 19.6 Å². The third-order valence-corrected chi connectivity index (χ3v) is 5.42. The molecule has 0 radical (unpaired) electrons. The Morgan fingerprint density at radius 1 is 1.17 bits per heavy atom. The summed E-state index contributed by atoms with van der Waals surface area (Å²) < 4.78 is 17.1. The zero-order valence-electron chi connectivity index (χ0n) is 17.4. The number of ketones is 1. The number of benzene rings is 1. The van der Waals surface area contributed by atoms with Gasteiger partial charge in [-0.2, -0.15) is 0 Å². The Bertz CT molecular complexity index is 1060. The Kier molecular flexibility index (Phi) is 5.02. The van der Waals surface area contributed by atoms with Crippen LogP contribution in [0.2, 0.25) is 0 Å². The van der Waals surface area contributed by atoms with Crippen LogP contribution in [-0.2, 0) is 19.1 Å². The van der Waals surface area contributed by atoms with Gasteiger partial charge in [-0.15, -0.1) is 0 Å². The van der Waals surface area contributed by atoms with Gasteiger partial charge in [0.15, 0.2) is 5.78 Å². The van der Waals surface area contributed by atoms with E-state index in [0.717, 1.165) is 5.56 Å².